The minimum Gasteiger partial charge on any atom is -0.497 e. The van der Waals surface area contributed by atoms with Crippen molar-refractivity contribution in [2.75, 3.05) is 7.11 Å². The lowest BCUT2D eigenvalue weighted by molar-refractivity contribution is 0.224. The van der Waals surface area contributed by atoms with Gasteiger partial charge in [0.05, 0.1) is 17.0 Å². The zero-order chi connectivity index (χ0) is 12.4. The number of methoxy groups -OCH3 is 1. The highest BCUT2D eigenvalue weighted by molar-refractivity contribution is 7.10. The number of rotatable bonds is 3. The van der Waals surface area contributed by atoms with E-state index < -0.39 is 6.10 Å². The monoisotopic (exact) mass is 268 g/mol. The van der Waals surface area contributed by atoms with E-state index in [0.717, 1.165) is 21.8 Å². The molecule has 1 aromatic carbocycles. The summed E-state index contributed by atoms with van der Waals surface area (Å²) >= 11 is 7.61. The van der Waals surface area contributed by atoms with Gasteiger partial charge in [0.15, 0.2) is 0 Å². The summed E-state index contributed by atoms with van der Waals surface area (Å²) in [5, 5.41) is 12.8. The summed E-state index contributed by atoms with van der Waals surface area (Å²) in [6.45, 7) is 1.93. The molecule has 4 heteroatoms. The Morgan fingerprint density at radius 2 is 1.94 bits per heavy atom. The van der Waals surface area contributed by atoms with Crippen molar-refractivity contribution in [3.63, 3.8) is 0 Å². The van der Waals surface area contributed by atoms with E-state index in [1.54, 1.807) is 7.11 Å². The largest absolute Gasteiger partial charge is 0.497 e. The van der Waals surface area contributed by atoms with Crippen LogP contribution in [-0.4, -0.2) is 12.2 Å². The van der Waals surface area contributed by atoms with Crippen LogP contribution in [0.25, 0.3) is 0 Å². The summed E-state index contributed by atoms with van der Waals surface area (Å²) in [6.07, 6.45) is -0.674. The minimum absolute atomic E-state index is 0.651. The smallest absolute Gasteiger partial charge is 0.118 e. The number of thiophene rings is 1. The molecule has 0 aliphatic rings. The van der Waals surface area contributed by atoms with Crippen LogP contribution in [0.2, 0.25) is 5.02 Å². The lowest BCUT2D eigenvalue weighted by Gasteiger charge is -2.10. The molecule has 0 radical (unpaired) electrons. The van der Waals surface area contributed by atoms with Gasteiger partial charge in [-0.3, -0.25) is 0 Å². The van der Waals surface area contributed by atoms with Crippen molar-refractivity contribution in [3.8, 4) is 5.75 Å². The van der Waals surface area contributed by atoms with E-state index in [4.69, 9.17) is 16.3 Å². The summed E-state index contributed by atoms with van der Waals surface area (Å²) in [5.41, 5.74) is 1.81. The van der Waals surface area contributed by atoms with Crippen LogP contribution in [0.4, 0.5) is 0 Å². The first kappa shape index (κ1) is 12.4. The van der Waals surface area contributed by atoms with Crippen LogP contribution in [0.15, 0.2) is 29.6 Å². The third kappa shape index (κ3) is 2.46. The zero-order valence-corrected chi connectivity index (χ0v) is 11.2. The molecule has 2 nitrogen and oxygen atoms in total. The average Bonchev–Trinajstić information content (AvgIpc) is 2.69. The van der Waals surface area contributed by atoms with Crippen molar-refractivity contribution in [1.82, 2.24) is 0 Å². The summed E-state index contributed by atoms with van der Waals surface area (Å²) in [6, 6.07) is 7.34. The lowest BCUT2D eigenvalue weighted by Crippen LogP contribution is -1.97. The van der Waals surface area contributed by atoms with Crippen molar-refractivity contribution in [1.29, 1.82) is 0 Å². The summed E-state index contributed by atoms with van der Waals surface area (Å²) in [4.78, 5) is 0.786. The molecular weight excluding hydrogens is 256 g/mol. The Bertz CT molecular complexity index is 505. The summed E-state index contributed by atoms with van der Waals surface area (Å²) in [7, 11) is 1.62. The molecule has 0 aliphatic carbocycles. The Kier molecular flexibility index (Phi) is 3.72. The second-order valence-electron chi connectivity index (χ2n) is 3.77. The van der Waals surface area contributed by atoms with Gasteiger partial charge in [0, 0.05) is 0 Å². The first-order valence-corrected chi connectivity index (χ1v) is 6.44. The molecule has 1 unspecified atom stereocenters. The molecule has 1 atom stereocenters. The SMILES string of the molecule is COc1ccc(C(O)c2scc(C)c2Cl)cc1. The highest BCUT2D eigenvalue weighted by atomic mass is 35.5. The number of benzene rings is 1. The fraction of sp³-hybridized carbons (Fsp3) is 0.231. The van der Waals surface area contributed by atoms with Crippen LogP contribution in [0, 0.1) is 6.92 Å². The molecule has 0 bridgehead atoms. The van der Waals surface area contributed by atoms with Crippen molar-refractivity contribution in [2.24, 2.45) is 0 Å². The third-order valence-electron chi connectivity index (χ3n) is 2.61. The van der Waals surface area contributed by atoms with Gasteiger partial charge in [-0.05, 0) is 35.6 Å². The maximum atomic E-state index is 10.2. The Balaban J connectivity index is 2.30. The molecule has 1 heterocycles. The molecule has 17 heavy (non-hydrogen) atoms. The van der Waals surface area contributed by atoms with E-state index in [9.17, 15) is 5.11 Å². The number of hydrogen-bond donors (Lipinski definition) is 1. The maximum absolute atomic E-state index is 10.2. The van der Waals surface area contributed by atoms with Crippen LogP contribution in [0.1, 0.15) is 22.1 Å². The topological polar surface area (TPSA) is 29.5 Å². The van der Waals surface area contributed by atoms with Crippen molar-refractivity contribution in [2.45, 2.75) is 13.0 Å². The lowest BCUT2D eigenvalue weighted by atomic mass is 10.1. The van der Waals surface area contributed by atoms with E-state index in [1.165, 1.54) is 11.3 Å². The second-order valence-corrected chi connectivity index (χ2v) is 5.06. The van der Waals surface area contributed by atoms with E-state index in [2.05, 4.69) is 0 Å². The summed E-state index contributed by atoms with van der Waals surface area (Å²) < 4.78 is 5.08. The van der Waals surface area contributed by atoms with E-state index in [-0.39, 0.29) is 0 Å². The van der Waals surface area contributed by atoms with Crippen molar-refractivity contribution < 1.29 is 9.84 Å². The van der Waals surface area contributed by atoms with E-state index in [0.29, 0.717) is 5.02 Å². The summed E-state index contributed by atoms with van der Waals surface area (Å²) in [5.74, 6) is 0.773. The third-order valence-corrected chi connectivity index (χ3v) is 4.37. The molecule has 2 aromatic rings. The predicted molar refractivity (Wildman–Crippen MR) is 71.1 cm³/mol. The molecule has 0 amide bonds. The van der Waals surface area contributed by atoms with Gasteiger partial charge in [0.2, 0.25) is 0 Å². The molecule has 0 fully saturated rings. The highest BCUT2D eigenvalue weighted by Gasteiger charge is 2.17. The zero-order valence-electron chi connectivity index (χ0n) is 9.61. The average molecular weight is 269 g/mol. The van der Waals surface area contributed by atoms with Crippen LogP contribution in [0.5, 0.6) is 5.75 Å². The predicted octanol–water partition coefficient (Wildman–Crippen LogP) is 3.80. The molecule has 0 saturated carbocycles. The van der Waals surface area contributed by atoms with Gasteiger partial charge >= 0.3 is 0 Å². The number of aliphatic hydroxyl groups excluding tert-OH is 1. The van der Waals surface area contributed by atoms with E-state index in [1.807, 2.05) is 36.6 Å². The molecule has 2 rings (SSSR count). The number of aryl methyl sites for hydroxylation is 1. The molecule has 1 N–H and O–H groups in total. The number of halogens is 1. The second kappa shape index (κ2) is 5.08. The van der Waals surface area contributed by atoms with Crippen LogP contribution < -0.4 is 4.74 Å². The highest BCUT2D eigenvalue weighted by Crippen LogP contribution is 2.35. The molecule has 1 aromatic heterocycles. The molecule has 0 spiro atoms. The molecule has 90 valence electrons. The van der Waals surface area contributed by atoms with Crippen molar-refractivity contribution in [3.05, 3.63) is 50.7 Å². The molecule has 0 aliphatic heterocycles. The quantitative estimate of drug-likeness (QED) is 0.917. The Morgan fingerprint density at radius 3 is 2.41 bits per heavy atom. The Labute approximate surface area is 109 Å². The van der Waals surface area contributed by atoms with Crippen LogP contribution in [0.3, 0.4) is 0 Å². The normalized spacial score (nSPS) is 12.5. The van der Waals surface area contributed by atoms with Gasteiger partial charge in [0.1, 0.15) is 11.9 Å². The van der Waals surface area contributed by atoms with Gasteiger partial charge < -0.3 is 9.84 Å². The molecular formula is C13H13ClO2S. The fourth-order valence-corrected chi connectivity index (χ4v) is 2.88. The number of aliphatic hydroxyl groups is 1. The van der Waals surface area contributed by atoms with Gasteiger partial charge in [-0.1, -0.05) is 23.7 Å². The van der Waals surface area contributed by atoms with E-state index >= 15 is 0 Å². The maximum Gasteiger partial charge on any atom is 0.118 e. The van der Waals surface area contributed by atoms with Gasteiger partial charge in [-0.25, -0.2) is 0 Å². The van der Waals surface area contributed by atoms with Gasteiger partial charge in [0.25, 0.3) is 0 Å². The Hall–Kier alpha value is -1.03. The standard InChI is InChI=1S/C13H13ClO2S/c1-8-7-17-13(11(8)14)12(15)9-3-5-10(16-2)6-4-9/h3-7,12,15H,1-2H3. The van der Waals surface area contributed by atoms with Crippen LogP contribution in [-0.2, 0) is 0 Å². The number of ether oxygens (including phenoxy) is 1. The molecule has 0 saturated heterocycles. The van der Waals surface area contributed by atoms with Gasteiger partial charge in [-0.15, -0.1) is 11.3 Å². The Morgan fingerprint density at radius 1 is 1.29 bits per heavy atom. The van der Waals surface area contributed by atoms with Crippen LogP contribution >= 0.6 is 22.9 Å². The van der Waals surface area contributed by atoms with Crippen molar-refractivity contribution >= 4 is 22.9 Å². The first-order valence-electron chi connectivity index (χ1n) is 5.19. The first-order chi connectivity index (χ1) is 8.13. The number of hydrogen-bond acceptors (Lipinski definition) is 3. The minimum atomic E-state index is -0.674. The fourth-order valence-electron chi connectivity index (χ4n) is 1.57. The van der Waals surface area contributed by atoms with Gasteiger partial charge in [-0.2, -0.15) is 0 Å².